The number of imide groups is 1. The number of nitrogens with one attached hydrogen (secondary N) is 1. The van der Waals surface area contributed by atoms with Gasteiger partial charge in [0.25, 0.3) is 12.3 Å². The van der Waals surface area contributed by atoms with Crippen LogP contribution in [0.25, 0.3) is 0 Å². The molecule has 1 aromatic heterocycles. The zero-order valence-electron chi connectivity index (χ0n) is 18.5. The second-order valence-electron chi connectivity index (χ2n) is 9.13. The van der Waals surface area contributed by atoms with Crippen LogP contribution in [0.15, 0.2) is 24.4 Å². The first-order valence-electron chi connectivity index (χ1n) is 11.4. The summed E-state index contributed by atoms with van der Waals surface area (Å²) in [4.78, 5) is 40.4. The molecule has 9 nitrogen and oxygen atoms in total. The summed E-state index contributed by atoms with van der Waals surface area (Å²) in [5.74, 6) is -0.923. The van der Waals surface area contributed by atoms with Crippen molar-refractivity contribution in [2.24, 2.45) is 0 Å². The summed E-state index contributed by atoms with van der Waals surface area (Å²) >= 11 is 0. The number of carbonyl (C=O) groups is 3. The number of nitrogens with two attached hydrogens (primary N) is 1. The van der Waals surface area contributed by atoms with Gasteiger partial charge in [0.15, 0.2) is 0 Å². The van der Waals surface area contributed by atoms with Crippen LogP contribution in [0.2, 0.25) is 0 Å². The smallest absolute Gasteiger partial charge is 0.282 e. The van der Waals surface area contributed by atoms with Gasteiger partial charge < -0.3 is 10.6 Å². The lowest BCUT2D eigenvalue weighted by Crippen LogP contribution is -2.52. The Balaban J connectivity index is 1.22. The van der Waals surface area contributed by atoms with Gasteiger partial charge in [0, 0.05) is 38.2 Å². The second-order valence-corrected chi connectivity index (χ2v) is 9.13. The quantitative estimate of drug-likeness (QED) is 0.644. The monoisotopic (exact) mass is 472 g/mol. The number of anilines is 1. The summed E-state index contributed by atoms with van der Waals surface area (Å²) in [6.07, 6.45) is 0.530. The fourth-order valence-electron chi connectivity index (χ4n) is 5.18. The van der Waals surface area contributed by atoms with E-state index in [1.807, 2.05) is 18.2 Å². The number of alkyl halides is 2. The van der Waals surface area contributed by atoms with E-state index in [1.54, 1.807) is 0 Å². The van der Waals surface area contributed by atoms with Crippen LogP contribution in [-0.2, 0) is 22.7 Å². The predicted octanol–water partition coefficient (Wildman–Crippen LogP) is 2.00. The van der Waals surface area contributed by atoms with Gasteiger partial charge in [-0.2, -0.15) is 5.10 Å². The Bertz CT molecular complexity index is 1140. The minimum absolute atomic E-state index is 0.0200. The molecule has 2 fully saturated rings. The van der Waals surface area contributed by atoms with Crippen molar-refractivity contribution in [2.45, 2.75) is 57.3 Å². The second kappa shape index (κ2) is 8.79. The Morgan fingerprint density at radius 1 is 1.15 bits per heavy atom. The maximum atomic E-state index is 13.3. The average Bonchev–Trinajstić information content (AvgIpc) is 3.35. The number of nitrogens with zero attached hydrogens (tertiary/aromatic N) is 4. The van der Waals surface area contributed by atoms with E-state index in [4.69, 9.17) is 5.73 Å². The Kier molecular flexibility index (Phi) is 5.80. The van der Waals surface area contributed by atoms with Gasteiger partial charge in [-0.15, -0.1) is 0 Å². The van der Waals surface area contributed by atoms with Crippen molar-refractivity contribution >= 4 is 23.4 Å². The molecule has 3 aliphatic rings. The lowest BCUT2D eigenvalue weighted by Gasteiger charge is -2.32. The molecule has 3 aliphatic heterocycles. The lowest BCUT2D eigenvalue weighted by atomic mass is 10.0. The van der Waals surface area contributed by atoms with Gasteiger partial charge in [-0.1, -0.05) is 12.1 Å². The van der Waals surface area contributed by atoms with Gasteiger partial charge >= 0.3 is 0 Å². The Hall–Kier alpha value is -3.34. The Labute approximate surface area is 194 Å². The van der Waals surface area contributed by atoms with Crippen molar-refractivity contribution in [1.29, 1.82) is 0 Å². The largest absolute Gasteiger partial charge is 0.396 e. The van der Waals surface area contributed by atoms with Gasteiger partial charge in [0.2, 0.25) is 11.8 Å². The number of aromatic nitrogens is 2. The minimum Gasteiger partial charge on any atom is -0.396 e. The molecule has 4 heterocycles. The fourth-order valence-corrected chi connectivity index (χ4v) is 5.18. The first-order valence-corrected chi connectivity index (χ1v) is 11.4. The van der Waals surface area contributed by atoms with Crippen LogP contribution in [0.4, 0.5) is 14.5 Å². The molecule has 180 valence electrons. The summed E-state index contributed by atoms with van der Waals surface area (Å²) < 4.78 is 28.1. The predicted molar refractivity (Wildman–Crippen MR) is 118 cm³/mol. The number of hydrogen-bond donors (Lipinski definition) is 2. The number of piperidine rings is 2. The van der Waals surface area contributed by atoms with Gasteiger partial charge in [0.1, 0.15) is 11.7 Å². The van der Waals surface area contributed by atoms with E-state index in [-0.39, 0.29) is 35.7 Å². The number of benzene rings is 1. The number of halogens is 2. The molecular formula is C23H26F2N6O3. The zero-order valence-corrected chi connectivity index (χ0v) is 18.5. The maximum absolute atomic E-state index is 13.3. The van der Waals surface area contributed by atoms with Gasteiger partial charge in [-0.25, -0.2) is 8.78 Å². The number of nitrogen functional groups attached to an aromatic ring is 1. The van der Waals surface area contributed by atoms with Crippen molar-refractivity contribution in [2.75, 3.05) is 18.8 Å². The van der Waals surface area contributed by atoms with Crippen LogP contribution in [-0.4, -0.2) is 56.4 Å². The van der Waals surface area contributed by atoms with Crippen molar-refractivity contribution in [1.82, 2.24) is 24.9 Å². The average molecular weight is 472 g/mol. The standard InChI is InChI=1S/C23H26F2N6O3/c24-21(25)20-17(26)10-27-31(20)15-5-7-29(8-6-15)11-13-1-2-14-12-30(23(34)16(14)9-13)18-3-4-19(32)28-22(18)33/h1-2,9-10,15,18,21H,3-8,11-12,26H2,(H,28,32,33). The first kappa shape index (κ1) is 22.5. The molecule has 0 bridgehead atoms. The number of hydrogen-bond acceptors (Lipinski definition) is 6. The maximum Gasteiger partial charge on any atom is 0.282 e. The fraction of sp³-hybridized carbons (Fsp3) is 0.478. The summed E-state index contributed by atoms with van der Waals surface area (Å²) in [7, 11) is 0. The number of fused-ring (bicyclic) bond motifs is 1. The molecule has 1 unspecified atom stereocenters. The summed E-state index contributed by atoms with van der Waals surface area (Å²) in [6.45, 7) is 2.40. The molecular weight excluding hydrogens is 446 g/mol. The van der Waals surface area contributed by atoms with E-state index < -0.39 is 18.4 Å². The SMILES string of the molecule is Nc1cnn(C2CCN(Cc3ccc4c(c3)C(=O)N(C3CCC(=O)NC3=O)C4)CC2)c1C(F)F. The third kappa shape index (κ3) is 4.04. The first-order chi connectivity index (χ1) is 16.3. The highest BCUT2D eigenvalue weighted by Gasteiger charge is 2.39. The lowest BCUT2D eigenvalue weighted by molar-refractivity contribution is -0.136. The Morgan fingerprint density at radius 3 is 2.62 bits per heavy atom. The van der Waals surface area contributed by atoms with Crippen LogP contribution in [0, 0.1) is 0 Å². The minimum atomic E-state index is -2.66. The van der Waals surface area contributed by atoms with Crippen molar-refractivity contribution < 1.29 is 23.2 Å². The molecule has 2 saturated heterocycles. The third-order valence-electron chi connectivity index (χ3n) is 6.97. The van der Waals surface area contributed by atoms with Gasteiger partial charge in [-0.05, 0) is 36.5 Å². The third-order valence-corrected chi connectivity index (χ3v) is 6.97. The molecule has 11 heteroatoms. The van der Waals surface area contributed by atoms with Gasteiger partial charge in [-0.3, -0.25) is 29.3 Å². The van der Waals surface area contributed by atoms with Gasteiger partial charge in [0.05, 0.1) is 17.9 Å². The van der Waals surface area contributed by atoms with Crippen LogP contribution >= 0.6 is 0 Å². The molecule has 0 saturated carbocycles. The highest BCUT2D eigenvalue weighted by atomic mass is 19.3. The van der Waals surface area contributed by atoms with E-state index in [0.717, 1.165) is 11.1 Å². The van der Waals surface area contributed by atoms with Crippen molar-refractivity contribution in [3.8, 4) is 0 Å². The number of rotatable bonds is 5. The summed E-state index contributed by atoms with van der Waals surface area (Å²) in [5.41, 5.74) is 7.91. The molecule has 2 aromatic rings. The van der Waals surface area contributed by atoms with Crippen LogP contribution in [0.5, 0.6) is 0 Å². The molecule has 5 rings (SSSR count). The van der Waals surface area contributed by atoms with Crippen LogP contribution in [0.3, 0.4) is 0 Å². The van der Waals surface area contributed by atoms with E-state index in [0.29, 0.717) is 51.0 Å². The zero-order chi connectivity index (χ0) is 24.0. The molecule has 1 aromatic carbocycles. The molecule has 3 amide bonds. The molecule has 3 N–H and O–H groups in total. The molecule has 0 radical (unpaired) electrons. The summed E-state index contributed by atoms with van der Waals surface area (Å²) in [6, 6.07) is 5.02. The molecule has 34 heavy (non-hydrogen) atoms. The van der Waals surface area contributed by atoms with Crippen LogP contribution < -0.4 is 11.1 Å². The molecule has 1 atom stereocenters. The normalized spacial score (nSPS) is 21.9. The summed E-state index contributed by atoms with van der Waals surface area (Å²) in [5, 5.41) is 6.39. The highest BCUT2D eigenvalue weighted by Crippen LogP contribution is 2.32. The molecule has 0 spiro atoms. The Morgan fingerprint density at radius 2 is 1.91 bits per heavy atom. The highest BCUT2D eigenvalue weighted by molar-refractivity contribution is 6.05. The number of carbonyl (C=O) groups excluding carboxylic acids is 3. The van der Waals surface area contributed by atoms with Crippen molar-refractivity contribution in [3.05, 3.63) is 46.8 Å². The topological polar surface area (TPSA) is 114 Å². The van der Waals surface area contributed by atoms with Crippen molar-refractivity contribution in [3.63, 3.8) is 0 Å². The molecule has 0 aliphatic carbocycles. The van der Waals surface area contributed by atoms with E-state index in [9.17, 15) is 23.2 Å². The van der Waals surface area contributed by atoms with E-state index in [2.05, 4.69) is 15.3 Å². The number of likely N-dealkylation sites (tertiary alicyclic amines) is 1. The van der Waals surface area contributed by atoms with E-state index in [1.165, 1.54) is 15.8 Å². The van der Waals surface area contributed by atoms with E-state index >= 15 is 0 Å². The number of amides is 3. The van der Waals surface area contributed by atoms with Crippen LogP contribution in [0.1, 0.15) is 65.3 Å².